The van der Waals surface area contributed by atoms with Crippen LogP contribution in [0, 0.1) is 0 Å². The molecule has 0 saturated carbocycles. The summed E-state index contributed by atoms with van der Waals surface area (Å²) in [5.41, 5.74) is 0.365. The number of ether oxygens (including phenoxy) is 3. The van der Waals surface area contributed by atoms with E-state index < -0.39 is 18.5 Å². The molecule has 2 aromatic rings. The SMILES string of the molecule is O=C(COC(=O)c1cc(Cl)ccc1O)Nc1ccc2c(c1)OCO2. The number of anilines is 1. The largest absolute Gasteiger partial charge is 0.507 e. The van der Waals surface area contributed by atoms with Crippen molar-refractivity contribution in [1.29, 1.82) is 0 Å². The summed E-state index contributed by atoms with van der Waals surface area (Å²) in [5, 5.41) is 12.4. The van der Waals surface area contributed by atoms with E-state index in [1.807, 2.05) is 0 Å². The molecule has 0 aliphatic carbocycles. The van der Waals surface area contributed by atoms with Crippen LogP contribution in [0.3, 0.4) is 0 Å². The molecule has 3 rings (SSSR count). The highest BCUT2D eigenvalue weighted by atomic mass is 35.5. The number of aromatic hydroxyl groups is 1. The summed E-state index contributed by atoms with van der Waals surface area (Å²) >= 11 is 5.76. The smallest absolute Gasteiger partial charge is 0.342 e. The van der Waals surface area contributed by atoms with E-state index in [4.69, 9.17) is 25.8 Å². The Hall–Kier alpha value is -2.93. The van der Waals surface area contributed by atoms with Gasteiger partial charge in [0.1, 0.15) is 11.3 Å². The van der Waals surface area contributed by atoms with Gasteiger partial charge in [0.15, 0.2) is 18.1 Å². The zero-order chi connectivity index (χ0) is 17.1. The van der Waals surface area contributed by atoms with Crippen molar-refractivity contribution in [3.63, 3.8) is 0 Å². The van der Waals surface area contributed by atoms with E-state index in [0.717, 1.165) is 0 Å². The second-order valence-corrected chi connectivity index (χ2v) is 5.29. The normalized spacial score (nSPS) is 11.9. The van der Waals surface area contributed by atoms with E-state index in [1.54, 1.807) is 18.2 Å². The van der Waals surface area contributed by atoms with Gasteiger partial charge in [-0.2, -0.15) is 0 Å². The lowest BCUT2D eigenvalue weighted by Gasteiger charge is -2.08. The molecule has 0 atom stereocenters. The summed E-state index contributed by atoms with van der Waals surface area (Å²) in [4.78, 5) is 23.7. The number of phenolic OH excluding ortho intramolecular Hbond substituents is 1. The maximum Gasteiger partial charge on any atom is 0.342 e. The molecule has 24 heavy (non-hydrogen) atoms. The molecule has 8 heteroatoms. The van der Waals surface area contributed by atoms with Gasteiger partial charge in [0, 0.05) is 16.8 Å². The molecular weight excluding hydrogens is 338 g/mol. The van der Waals surface area contributed by atoms with Crippen LogP contribution >= 0.6 is 11.6 Å². The lowest BCUT2D eigenvalue weighted by Crippen LogP contribution is -2.21. The monoisotopic (exact) mass is 349 g/mol. The lowest BCUT2D eigenvalue weighted by molar-refractivity contribution is -0.119. The van der Waals surface area contributed by atoms with Crippen molar-refractivity contribution >= 4 is 29.2 Å². The quantitative estimate of drug-likeness (QED) is 0.824. The third kappa shape index (κ3) is 3.52. The molecule has 0 bridgehead atoms. The number of esters is 1. The maximum atomic E-state index is 11.9. The van der Waals surface area contributed by atoms with Crippen molar-refractivity contribution in [3.8, 4) is 17.2 Å². The van der Waals surface area contributed by atoms with Gasteiger partial charge in [-0.05, 0) is 30.3 Å². The zero-order valence-corrected chi connectivity index (χ0v) is 13.0. The highest BCUT2D eigenvalue weighted by Crippen LogP contribution is 2.34. The van der Waals surface area contributed by atoms with Crippen molar-refractivity contribution in [3.05, 3.63) is 47.0 Å². The summed E-state index contributed by atoms with van der Waals surface area (Å²) in [6.45, 7) is -0.382. The van der Waals surface area contributed by atoms with Gasteiger partial charge in [0.2, 0.25) is 6.79 Å². The van der Waals surface area contributed by atoms with Crippen molar-refractivity contribution in [2.75, 3.05) is 18.7 Å². The number of amides is 1. The van der Waals surface area contributed by atoms with E-state index in [0.29, 0.717) is 17.2 Å². The van der Waals surface area contributed by atoms with E-state index in [2.05, 4.69) is 5.32 Å². The Bertz CT molecular complexity index is 807. The second-order valence-electron chi connectivity index (χ2n) is 4.85. The van der Waals surface area contributed by atoms with E-state index in [9.17, 15) is 14.7 Å². The highest BCUT2D eigenvalue weighted by molar-refractivity contribution is 6.31. The van der Waals surface area contributed by atoms with Crippen molar-refractivity contribution in [2.45, 2.75) is 0 Å². The molecule has 2 aromatic carbocycles. The predicted octanol–water partition coefficient (Wildman–Crippen LogP) is 2.57. The fraction of sp³-hybridized carbons (Fsp3) is 0.125. The Kier molecular flexibility index (Phi) is 4.43. The Morgan fingerprint density at radius 1 is 1.17 bits per heavy atom. The van der Waals surface area contributed by atoms with Gasteiger partial charge < -0.3 is 24.6 Å². The molecule has 0 aromatic heterocycles. The van der Waals surface area contributed by atoms with Gasteiger partial charge in [0.05, 0.1) is 0 Å². The fourth-order valence-corrected chi connectivity index (χ4v) is 2.22. The number of benzene rings is 2. The molecule has 1 aliphatic rings. The number of halogens is 1. The number of fused-ring (bicyclic) bond motifs is 1. The molecule has 0 fully saturated rings. The number of hydrogen-bond acceptors (Lipinski definition) is 6. The fourth-order valence-electron chi connectivity index (χ4n) is 2.05. The average Bonchev–Trinajstić information content (AvgIpc) is 3.02. The predicted molar refractivity (Wildman–Crippen MR) is 84.6 cm³/mol. The van der Waals surface area contributed by atoms with E-state index >= 15 is 0 Å². The molecule has 0 unspecified atom stereocenters. The molecule has 1 heterocycles. The Labute approximate surface area is 141 Å². The third-order valence-corrected chi connectivity index (χ3v) is 3.40. The minimum atomic E-state index is -0.851. The number of carbonyl (C=O) groups excluding carboxylic acids is 2. The van der Waals surface area contributed by atoms with Crippen LogP contribution in [0.5, 0.6) is 17.2 Å². The Balaban J connectivity index is 1.57. The standard InChI is InChI=1S/C16H12ClNO6/c17-9-1-3-12(19)11(5-9)16(21)22-7-15(20)18-10-2-4-13-14(6-10)24-8-23-13/h1-6,19H,7-8H2,(H,18,20). The van der Waals surface area contributed by atoms with Crippen molar-refractivity contribution < 1.29 is 28.9 Å². The Morgan fingerprint density at radius 2 is 1.96 bits per heavy atom. The van der Waals surface area contributed by atoms with Crippen LogP contribution in [0.15, 0.2) is 36.4 Å². The van der Waals surface area contributed by atoms with Crippen LogP contribution in [0.25, 0.3) is 0 Å². The minimum absolute atomic E-state index is 0.113. The number of nitrogens with one attached hydrogen (secondary N) is 1. The number of hydrogen-bond donors (Lipinski definition) is 2. The molecule has 0 saturated heterocycles. The molecule has 124 valence electrons. The molecule has 2 N–H and O–H groups in total. The minimum Gasteiger partial charge on any atom is -0.507 e. The third-order valence-electron chi connectivity index (χ3n) is 3.17. The van der Waals surface area contributed by atoms with Gasteiger partial charge in [-0.1, -0.05) is 11.6 Å². The van der Waals surface area contributed by atoms with Crippen molar-refractivity contribution in [1.82, 2.24) is 0 Å². The zero-order valence-electron chi connectivity index (χ0n) is 12.2. The number of phenols is 1. The van der Waals surface area contributed by atoms with Gasteiger partial charge in [-0.3, -0.25) is 4.79 Å². The first kappa shape index (κ1) is 15.9. The van der Waals surface area contributed by atoms with Gasteiger partial charge in [-0.25, -0.2) is 4.79 Å². The summed E-state index contributed by atoms with van der Waals surface area (Å²) in [5.74, 6) is -0.551. The number of rotatable bonds is 4. The molecule has 1 amide bonds. The molecular formula is C16H12ClNO6. The second kappa shape index (κ2) is 6.67. The van der Waals surface area contributed by atoms with Gasteiger partial charge >= 0.3 is 5.97 Å². The summed E-state index contributed by atoms with van der Waals surface area (Å²) in [6.07, 6.45) is 0. The molecule has 0 radical (unpaired) electrons. The topological polar surface area (TPSA) is 94.1 Å². The maximum absolute atomic E-state index is 11.9. The summed E-state index contributed by atoms with van der Waals surface area (Å²) < 4.78 is 15.2. The first-order valence-electron chi connectivity index (χ1n) is 6.88. The average molecular weight is 350 g/mol. The summed E-state index contributed by atoms with van der Waals surface area (Å²) in [7, 11) is 0. The first-order chi connectivity index (χ1) is 11.5. The van der Waals surface area contributed by atoms with E-state index in [-0.39, 0.29) is 23.1 Å². The van der Waals surface area contributed by atoms with Crippen LogP contribution in [-0.2, 0) is 9.53 Å². The van der Waals surface area contributed by atoms with Gasteiger partial charge in [-0.15, -0.1) is 0 Å². The molecule has 7 nitrogen and oxygen atoms in total. The van der Waals surface area contributed by atoms with Gasteiger partial charge in [0.25, 0.3) is 5.91 Å². The highest BCUT2D eigenvalue weighted by Gasteiger charge is 2.17. The van der Waals surface area contributed by atoms with E-state index in [1.165, 1.54) is 18.2 Å². The Morgan fingerprint density at radius 3 is 2.79 bits per heavy atom. The van der Waals surface area contributed by atoms with Crippen LogP contribution in [0.1, 0.15) is 10.4 Å². The summed E-state index contributed by atoms with van der Waals surface area (Å²) in [6, 6.07) is 8.86. The van der Waals surface area contributed by atoms with Crippen LogP contribution in [-0.4, -0.2) is 30.4 Å². The van der Waals surface area contributed by atoms with Crippen LogP contribution in [0.2, 0.25) is 5.02 Å². The molecule has 1 aliphatic heterocycles. The lowest BCUT2D eigenvalue weighted by atomic mass is 10.2. The van der Waals surface area contributed by atoms with Crippen LogP contribution in [0.4, 0.5) is 5.69 Å². The van der Waals surface area contributed by atoms with Crippen molar-refractivity contribution in [2.24, 2.45) is 0 Å². The first-order valence-corrected chi connectivity index (χ1v) is 7.26. The van der Waals surface area contributed by atoms with Crippen LogP contribution < -0.4 is 14.8 Å². The number of carbonyl (C=O) groups is 2. The molecule has 0 spiro atoms.